The molecule has 66 valence electrons. The van der Waals surface area contributed by atoms with Gasteiger partial charge in [0.05, 0.1) is 18.1 Å². The van der Waals surface area contributed by atoms with Crippen molar-refractivity contribution < 1.29 is 9.84 Å². The monoisotopic (exact) mass is 167 g/mol. The van der Waals surface area contributed by atoms with Gasteiger partial charge in [0.15, 0.2) is 0 Å². The predicted molar refractivity (Wildman–Crippen MR) is 42.3 cm³/mol. The third kappa shape index (κ3) is 0.954. The quantitative estimate of drug-likeness (QED) is 0.629. The van der Waals surface area contributed by atoms with Gasteiger partial charge in [0, 0.05) is 6.61 Å². The maximum Gasteiger partial charge on any atom is 0.107 e. The van der Waals surface area contributed by atoms with Crippen molar-refractivity contribution >= 4 is 0 Å². The molecule has 2 rings (SSSR count). The van der Waals surface area contributed by atoms with Gasteiger partial charge in [-0.3, -0.25) is 0 Å². The van der Waals surface area contributed by atoms with Gasteiger partial charge >= 0.3 is 0 Å². The van der Waals surface area contributed by atoms with Crippen LogP contribution in [0.25, 0.3) is 0 Å². The lowest BCUT2D eigenvalue weighted by Crippen LogP contribution is -2.46. The highest BCUT2D eigenvalue weighted by Crippen LogP contribution is 2.55. The zero-order chi connectivity index (χ0) is 8.66. The first-order valence-electron chi connectivity index (χ1n) is 4.44. The summed E-state index contributed by atoms with van der Waals surface area (Å²) >= 11 is 0. The second kappa shape index (κ2) is 2.45. The number of hydrogen-bond donors (Lipinski definition) is 1. The number of nitriles is 1. The third-order valence-corrected chi connectivity index (χ3v) is 3.07. The van der Waals surface area contributed by atoms with Crippen molar-refractivity contribution in [3.05, 3.63) is 0 Å². The van der Waals surface area contributed by atoms with E-state index in [-0.39, 0.29) is 0 Å². The molecule has 2 fully saturated rings. The molecule has 0 aromatic heterocycles. The van der Waals surface area contributed by atoms with Crippen LogP contribution in [0.15, 0.2) is 0 Å². The number of hydrogen-bond acceptors (Lipinski definition) is 3. The zero-order valence-corrected chi connectivity index (χ0v) is 7.05. The molecule has 1 aliphatic heterocycles. The minimum absolute atomic E-state index is 0.348. The van der Waals surface area contributed by atoms with Gasteiger partial charge in [-0.05, 0) is 25.7 Å². The minimum Gasteiger partial charge on any atom is -0.386 e. The Morgan fingerprint density at radius 3 is 2.50 bits per heavy atom. The Balaban J connectivity index is 2.14. The molecular formula is C9H13NO2. The Bertz CT molecular complexity index is 221. The molecule has 1 heterocycles. The molecule has 1 atom stereocenters. The summed E-state index contributed by atoms with van der Waals surface area (Å²) in [5.41, 5.74) is -1.31. The highest BCUT2D eigenvalue weighted by atomic mass is 16.5. The van der Waals surface area contributed by atoms with Gasteiger partial charge in [0.1, 0.15) is 5.60 Å². The van der Waals surface area contributed by atoms with Gasteiger partial charge in [-0.2, -0.15) is 5.26 Å². The normalized spacial score (nSPS) is 38.7. The van der Waals surface area contributed by atoms with E-state index in [1.807, 2.05) is 0 Å². The average Bonchev–Trinajstić information content (AvgIpc) is 2.86. The molecule has 1 N–H and O–H groups in total. The summed E-state index contributed by atoms with van der Waals surface area (Å²) < 4.78 is 5.21. The van der Waals surface area contributed by atoms with Crippen molar-refractivity contribution in [2.45, 2.75) is 31.3 Å². The molecule has 12 heavy (non-hydrogen) atoms. The van der Waals surface area contributed by atoms with Crippen LogP contribution in [0.3, 0.4) is 0 Å². The number of rotatable bonds is 1. The lowest BCUT2D eigenvalue weighted by atomic mass is 9.81. The van der Waals surface area contributed by atoms with Gasteiger partial charge in [0.25, 0.3) is 0 Å². The van der Waals surface area contributed by atoms with Crippen LogP contribution in [0.5, 0.6) is 0 Å². The summed E-state index contributed by atoms with van der Waals surface area (Å²) in [6, 6.07) is 2.23. The average molecular weight is 167 g/mol. The second-order valence-corrected chi connectivity index (χ2v) is 3.88. The zero-order valence-electron chi connectivity index (χ0n) is 7.05. The molecule has 1 saturated carbocycles. The molecule has 1 unspecified atom stereocenters. The minimum atomic E-state index is -0.847. The fourth-order valence-electron chi connectivity index (χ4n) is 1.96. The number of aliphatic hydroxyl groups is 1. The summed E-state index contributed by atoms with van der Waals surface area (Å²) in [6.45, 7) is 1.07. The second-order valence-electron chi connectivity index (χ2n) is 3.88. The molecular weight excluding hydrogens is 154 g/mol. The molecule has 0 bridgehead atoms. The van der Waals surface area contributed by atoms with Crippen LogP contribution < -0.4 is 0 Å². The molecule has 1 aliphatic carbocycles. The SMILES string of the molecule is N#CC1(C2(O)CCCOC2)CC1. The first-order valence-corrected chi connectivity index (χ1v) is 4.44. The van der Waals surface area contributed by atoms with Gasteiger partial charge in [0.2, 0.25) is 0 Å². The summed E-state index contributed by atoms with van der Waals surface area (Å²) in [5, 5.41) is 19.0. The molecule has 3 nitrogen and oxygen atoms in total. The third-order valence-electron chi connectivity index (χ3n) is 3.07. The molecule has 0 amide bonds. The van der Waals surface area contributed by atoms with Crippen LogP contribution in [-0.2, 0) is 4.74 Å². The Labute approximate surface area is 71.9 Å². The van der Waals surface area contributed by atoms with Crippen LogP contribution in [0.4, 0.5) is 0 Å². The van der Waals surface area contributed by atoms with Crippen molar-refractivity contribution in [3.63, 3.8) is 0 Å². The lowest BCUT2D eigenvalue weighted by Gasteiger charge is -2.35. The molecule has 0 spiro atoms. The van der Waals surface area contributed by atoms with Crippen LogP contribution in [0, 0.1) is 16.7 Å². The Morgan fingerprint density at radius 2 is 2.08 bits per heavy atom. The smallest absolute Gasteiger partial charge is 0.107 e. The van der Waals surface area contributed by atoms with Gasteiger partial charge in [-0.25, -0.2) is 0 Å². The van der Waals surface area contributed by atoms with Crippen molar-refractivity contribution in [1.82, 2.24) is 0 Å². The summed E-state index contributed by atoms with van der Waals surface area (Å²) in [6.07, 6.45) is 3.27. The summed E-state index contributed by atoms with van der Waals surface area (Å²) in [4.78, 5) is 0. The van der Waals surface area contributed by atoms with Crippen LogP contribution in [-0.4, -0.2) is 23.9 Å². The Hall–Kier alpha value is -0.590. The lowest BCUT2D eigenvalue weighted by molar-refractivity contribution is -0.115. The van der Waals surface area contributed by atoms with E-state index in [0.717, 1.165) is 32.3 Å². The van der Waals surface area contributed by atoms with E-state index in [4.69, 9.17) is 10.00 Å². The van der Waals surface area contributed by atoms with E-state index >= 15 is 0 Å². The Kier molecular flexibility index (Phi) is 1.64. The first kappa shape index (κ1) is 8.03. The van der Waals surface area contributed by atoms with E-state index in [2.05, 4.69) is 6.07 Å². The Morgan fingerprint density at radius 1 is 1.33 bits per heavy atom. The van der Waals surface area contributed by atoms with Gasteiger partial charge in [-0.1, -0.05) is 0 Å². The highest BCUT2D eigenvalue weighted by Gasteiger charge is 2.60. The first-order chi connectivity index (χ1) is 5.72. The van der Waals surface area contributed by atoms with Gasteiger partial charge < -0.3 is 9.84 Å². The maximum atomic E-state index is 10.1. The van der Waals surface area contributed by atoms with E-state index in [0.29, 0.717) is 6.61 Å². The van der Waals surface area contributed by atoms with Crippen LogP contribution in [0.2, 0.25) is 0 Å². The molecule has 2 aliphatic rings. The van der Waals surface area contributed by atoms with E-state index < -0.39 is 11.0 Å². The van der Waals surface area contributed by atoms with Crippen molar-refractivity contribution in [3.8, 4) is 6.07 Å². The van der Waals surface area contributed by atoms with Crippen molar-refractivity contribution in [2.75, 3.05) is 13.2 Å². The van der Waals surface area contributed by atoms with Crippen LogP contribution in [0.1, 0.15) is 25.7 Å². The van der Waals surface area contributed by atoms with E-state index in [9.17, 15) is 5.11 Å². The molecule has 0 aromatic rings. The van der Waals surface area contributed by atoms with Gasteiger partial charge in [-0.15, -0.1) is 0 Å². The number of nitrogens with zero attached hydrogens (tertiary/aromatic N) is 1. The van der Waals surface area contributed by atoms with Crippen molar-refractivity contribution in [2.24, 2.45) is 5.41 Å². The molecule has 1 saturated heterocycles. The van der Waals surface area contributed by atoms with Crippen LogP contribution >= 0.6 is 0 Å². The highest BCUT2D eigenvalue weighted by molar-refractivity contribution is 5.20. The standard InChI is InChI=1S/C9H13NO2/c10-6-8(3-4-8)9(11)2-1-5-12-7-9/h11H,1-5,7H2. The molecule has 3 heteroatoms. The topological polar surface area (TPSA) is 53.2 Å². The largest absolute Gasteiger partial charge is 0.386 e. The van der Waals surface area contributed by atoms with Crippen molar-refractivity contribution in [1.29, 1.82) is 5.26 Å². The summed E-state index contributed by atoms with van der Waals surface area (Å²) in [7, 11) is 0. The van der Waals surface area contributed by atoms with E-state index in [1.54, 1.807) is 0 Å². The summed E-state index contributed by atoms with van der Waals surface area (Å²) in [5.74, 6) is 0. The predicted octanol–water partition coefficient (Wildman–Crippen LogP) is 0.832. The molecule has 0 radical (unpaired) electrons. The maximum absolute atomic E-state index is 10.1. The fraction of sp³-hybridized carbons (Fsp3) is 0.889. The van der Waals surface area contributed by atoms with E-state index in [1.165, 1.54) is 0 Å². The molecule has 0 aromatic carbocycles. The number of ether oxygens (including phenoxy) is 1. The fourth-order valence-corrected chi connectivity index (χ4v) is 1.96.